The predicted molar refractivity (Wildman–Crippen MR) is 80.1 cm³/mol. The van der Waals surface area contributed by atoms with Gasteiger partial charge in [0.25, 0.3) is 0 Å². The summed E-state index contributed by atoms with van der Waals surface area (Å²) in [7, 11) is 1.68. The number of hydrogen-bond acceptors (Lipinski definition) is 4. The molecule has 4 nitrogen and oxygen atoms in total. The molecule has 1 aromatic carbocycles. The van der Waals surface area contributed by atoms with Crippen molar-refractivity contribution in [3.05, 3.63) is 29.8 Å². The third-order valence-corrected chi connectivity index (χ3v) is 4.25. The van der Waals surface area contributed by atoms with E-state index < -0.39 is 0 Å². The predicted octanol–water partition coefficient (Wildman–Crippen LogP) is 1.89. The van der Waals surface area contributed by atoms with Gasteiger partial charge in [-0.3, -0.25) is 0 Å². The molecule has 0 atom stereocenters. The summed E-state index contributed by atoms with van der Waals surface area (Å²) in [6.45, 7) is 3.79. The second kappa shape index (κ2) is 5.46. The van der Waals surface area contributed by atoms with Crippen molar-refractivity contribution in [3.63, 3.8) is 0 Å². The summed E-state index contributed by atoms with van der Waals surface area (Å²) in [5.41, 5.74) is 6.60. The molecule has 0 aromatic heterocycles. The maximum absolute atomic E-state index is 6.30. The highest BCUT2D eigenvalue weighted by Crippen LogP contribution is 2.38. The van der Waals surface area contributed by atoms with Gasteiger partial charge in [-0.2, -0.15) is 0 Å². The van der Waals surface area contributed by atoms with Crippen molar-refractivity contribution in [1.82, 2.24) is 4.90 Å². The fourth-order valence-corrected chi connectivity index (χ4v) is 2.97. The van der Waals surface area contributed by atoms with Crippen LogP contribution in [0.3, 0.4) is 0 Å². The number of benzene rings is 1. The molecule has 108 valence electrons. The highest BCUT2D eigenvalue weighted by atomic mass is 16.5. The minimum atomic E-state index is -0.148. The molecule has 2 aliphatic rings. The first-order valence-electron chi connectivity index (χ1n) is 7.23. The molecule has 20 heavy (non-hydrogen) atoms. The number of piperidine rings is 1. The second-order valence-electron chi connectivity index (χ2n) is 5.53. The average Bonchev–Trinajstić information content (AvgIpc) is 2.49. The maximum atomic E-state index is 6.30. The van der Waals surface area contributed by atoms with Crippen LogP contribution in [0.1, 0.15) is 18.4 Å². The zero-order chi connectivity index (χ0) is 14.0. The lowest BCUT2D eigenvalue weighted by Crippen LogP contribution is -2.48. The fraction of sp³-hybridized carbons (Fsp3) is 0.500. The first-order chi connectivity index (χ1) is 9.74. The molecule has 0 amide bonds. The van der Waals surface area contributed by atoms with Crippen molar-refractivity contribution in [1.29, 1.82) is 0 Å². The van der Waals surface area contributed by atoms with E-state index in [0.29, 0.717) is 0 Å². The second-order valence-corrected chi connectivity index (χ2v) is 5.53. The normalized spacial score (nSPS) is 20.5. The van der Waals surface area contributed by atoms with Gasteiger partial charge in [-0.25, -0.2) is 0 Å². The summed E-state index contributed by atoms with van der Waals surface area (Å²) in [6, 6.07) is 5.99. The van der Waals surface area contributed by atoms with E-state index in [1.54, 1.807) is 7.11 Å². The monoisotopic (exact) mass is 274 g/mol. The summed E-state index contributed by atoms with van der Waals surface area (Å²) in [5.74, 6) is 1.77. The summed E-state index contributed by atoms with van der Waals surface area (Å²) in [4.78, 5) is 2.41. The van der Waals surface area contributed by atoms with Crippen LogP contribution in [0.25, 0.3) is 6.08 Å². The minimum absolute atomic E-state index is 0.148. The highest BCUT2D eigenvalue weighted by molar-refractivity contribution is 5.62. The molecule has 1 saturated heterocycles. The Morgan fingerprint density at radius 1 is 1.35 bits per heavy atom. The molecule has 1 fully saturated rings. The molecule has 4 heteroatoms. The number of methoxy groups -OCH3 is 1. The SMILES string of the molecule is COc1ccc2c(c1)OC1(C=C2)CCN(CCN)CC1. The van der Waals surface area contributed by atoms with E-state index in [9.17, 15) is 0 Å². The third kappa shape index (κ3) is 2.53. The van der Waals surface area contributed by atoms with E-state index in [2.05, 4.69) is 17.1 Å². The molecule has 2 heterocycles. The summed E-state index contributed by atoms with van der Waals surface area (Å²) < 4.78 is 11.6. The van der Waals surface area contributed by atoms with Gasteiger partial charge < -0.3 is 20.1 Å². The molecule has 0 unspecified atom stereocenters. The van der Waals surface area contributed by atoms with Crippen LogP contribution in [-0.4, -0.2) is 43.8 Å². The van der Waals surface area contributed by atoms with Crippen LogP contribution in [0.5, 0.6) is 11.5 Å². The largest absolute Gasteiger partial charge is 0.497 e. The van der Waals surface area contributed by atoms with Crippen molar-refractivity contribution in [2.24, 2.45) is 5.73 Å². The lowest BCUT2D eigenvalue weighted by atomic mass is 9.88. The van der Waals surface area contributed by atoms with Gasteiger partial charge in [0.05, 0.1) is 7.11 Å². The van der Waals surface area contributed by atoms with E-state index in [4.69, 9.17) is 15.2 Å². The fourth-order valence-electron chi connectivity index (χ4n) is 2.97. The van der Waals surface area contributed by atoms with Gasteiger partial charge in [-0.05, 0) is 18.2 Å². The number of nitrogens with two attached hydrogens (primary N) is 1. The zero-order valence-electron chi connectivity index (χ0n) is 12.0. The standard InChI is InChI=1S/C16H22N2O2/c1-19-14-3-2-13-4-5-16(20-15(13)12-14)6-9-18(10-7-16)11-8-17/h2-5,12H,6-11,17H2,1H3. The Morgan fingerprint density at radius 2 is 2.15 bits per heavy atom. The molecule has 2 N–H and O–H groups in total. The van der Waals surface area contributed by atoms with Gasteiger partial charge in [0, 0.05) is 50.7 Å². The lowest BCUT2D eigenvalue weighted by Gasteiger charge is -2.41. The smallest absolute Gasteiger partial charge is 0.131 e. The lowest BCUT2D eigenvalue weighted by molar-refractivity contribution is 0.0397. The van der Waals surface area contributed by atoms with Crippen LogP contribution in [0.4, 0.5) is 0 Å². The van der Waals surface area contributed by atoms with E-state index >= 15 is 0 Å². The van der Waals surface area contributed by atoms with Crippen molar-refractivity contribution < 1.29 is 9.47 Å². The van der Waals surface area contributed by atoms with E-state index in [1.165, 1.54) is 0 Å². The first-order valence-corrected chi connectivity index (χ1v) is 7.23. The first kappa shape index (κ1) is 13.5. The third-order valence-electron chi connectivity index (χ3n) is 4.25. The van der Waals surface area contributed by atoms with Gasteiger partial charge in [-0.15, -0.1) is 0 Å². The number of nitrogens with zero attached hydrogens (tertiary/aromatic N) is 1. The topological polar surface area (TPSA) is 47.7 Å². The van der Waals surface area contributed by atoms with Gasteiger partial charge in [0.1, 0.15) is 17.1 Å². The van der Waals surface area contributed by atoms with Crippen molar-refractivity contribution >= 4 is 6.08 Å². The van der Waals surface area contributed by atoms with Crippen LogP contribution >= 0.6 is 0 Å². The minimum Gasteiger partial charge on any atom is -0.497 e. The molecular weight excluding hydrogens is 252 g/mol. The maximum Gasteiger partial charge on any atom is 0.131 e. The molecule has 0 aliphatic carbocycles. The van der Waals surface area contributed by atoms with E-state index in [1.807, 2.05) is 18.2 Å². The molecule has 0 bridgehead atoms. The molecule has 2 aliphatic heterocycles. The van der Waals surface area contributed by atoms with Crippen LogP contribution in [-0.2, 0) is 0 Å². The quantitative estimate of drug-likeness (QED) is 0.914. The highest BCUT2D eigenvalue weighted by Gasteiger charge is 2.36. The van der Waals surface area contributed by atoms with Gasteiger partial charge >= 0.3 is 0 Å². The Hall–Kier alpha value is -1.52. The average molecular weight is 274 g/mol. The van der Waals surface area contributed by atoms with Crippen molar-refractivity contribution in [3.8, 4) is 11.5 Å². The van der Waals surface area contributed by atoms with Crippen LogP contribution in [0.2, 0.25) is 0 Å². The molecular formula is C16H22N2O2. The number of ether oxygens (including phenoxy) is 2. The zero-order valence-corrected chi connectivity index (χ0v) is 12.0. The molecule has 1 aromatic rings. The van der Waals surface area contributed by atoms with Crippen LogP contribution in [0, 0.1) is 0 Å². The Balaban J connectivity index is 1.75. The van der Waals surface area contributed by atoms with Gasteiger partial charge in [-0.1, -0.05) is 6.08 Å². The van der Waals surface area contributed by atoms with E-state index in [0.717, 1.165) is 56.1 Å². The molecule has 0 radical (unpaired) electrons. The van der Waals surface area contributed by atoms with Crippen molar-refractivity contribution in [2.75, 3.05) is 33.3 Å². The number of hydrogen-bond donors (Lipinski definition) is 1. The van der Waals surface area contributed by atoms with Gasteiger partial charge in [0.2, 0.25) is 0 Å². The number of likely N-dealkylation sites (tertiary alicyclic amines) is 1. The molecule has 1 spiro atoms. The van der Waals surface area contributed by atoms with E-state index in [-0.39, 0.29) is 5.60 Å². The summed E-state index contributed by atoms with van der Waals surface area (Å²) in [5, 5.41) is 0. The Kier molecular flexibility index (Phi) is 3.68. The Morgan fingerprint density at radius 3 is 2.85 bits per heavy atom. The summed E-state index contributed by atoms with van der Waals surface area (Å²) >= 11 is 0. The Bertz CT molecular complexity index is 505. The molecule has 0 saturated carbocycles. The number of fused-ring (bicyclic) bond motifs is 1. The van der Waals surface area contributed by atoms with Crippen LogP contribution < -0.4 is 15.2 Å². The molecule has 3 rings (SSSR count). The van der Waals surface area contributed by atoms with Crippen molar-refractivity contribution in [2.45, 2.75) is 18.4 Å². The number of rotatable bonds is 3. The van der Waals surface area contributed by atoms with Gasteiger partial charge in [0.15, 0.2) is 0 Å². The Labute approximate surface area is 120 Å². The van der Waals surface area contributed by atoms with Crippen LogP contribution in [0.15, 0.2) is 24.3 Å². The summed E-state index contributed by atoms with van der Waals surface area (Å²) in [6.07, 6.45) is 6.43.